The van der Waals surface area contributed by atoms with Crippen LogP contribution in [-0.2, 0) is 0 Å². The van der Waals surface area contributed by atoms with E-state index in [1.807, 2.05) is 6.92 Å². The van der Waals surface area contributed by atoms with Gasteiger partial charge in [0.25, 0.3) is 0 Å². The van der Waals surface area contributed by atoms with Gasteiger partial charge in [-0.05, 0) is 18.2 Å². The summed E-state index contributed by atoms with van der Waals surface area (Å²) >= 11 is 1.35. The van der Waals surface area contributed by atoms with E-state index in [9.17, 15) is 8.78 Å². The molecule has 4 heteroatoms. The summed E-state index contributed by atoms with van der Waals surface area (Å²) in [6.45, 7) is 6.88. The Morgan fingerprint density at radius 3 is 2.56 bits per heavy atom. The highest BCUT2D eigenvalue weighted by atomic mass is 32.2. The number of thioether (sulfide) groups is 1. The van der Waals surface area contributed by atoms with Gasteiger partial charge >= 0.3 is 0 Å². The molecule has 1 aromatic rings. The van der Waals surface area contributed by atoms with Crippen molar-refractivity contribution in [1.82, 2.24) is 5.32 Å². The van der Waals surface area contributed by atoms with Crippen LogP contribution in [0.25, 0.3) is 0 Å². The van der Waals surface area contributed by atoms with E-state index in [0.717, 1.165) is 12.6 Å². The first-order valence-electron chi connectivity index (χ1n) is 5.34. The summed E-state index contributed by atoms with van der Waals surface area (Å²) in [5, 5.41) is 3.47. The number of benzene rings is 1. The number of hydrogen-bond donors (Lipinski definition) is 1. The van der Waals surface area contributed by atoms with Gasteiger partial charge in [0.15, 0.2) is 0 Å². The van der Waals surface area contributed by atoms with Crippen molar-refractivity contribution in [2.45, 2.75) is 37.0 Å². The number of rotatable bonds is 5. The smallest absolute Gasteiger partial charge is 0.136 e. The van der Waals surface area contributed by atoms with Gasteiger partial charge in [-0.25, -0.2) is 8.78 Å². The molecule has 0 bridgehead atoms. The third-order valence-electron chi connectivity index (χ3n) is 2.03. The minimum atomic E-state index is -0.395. The van der Waals surface area contributed by atoms with Crippen molar-refractivity contribution >= 4 is 11.8 Å². The van der Waals surface area contributed by atoms with Gasteiger partial charge < -0.3 is 5.32 Å². The molecule has 1 rings (SSSR count). The molecular formula is C12H17F2NS. The highest BCUT2D eigenvalue weighted by molar-refractivity contribution is 8.00. The molecule has 16 heavy (non-hydrogen) atoms. The highest BCUT2D eigenvalue weighted by Gasteiger charge is 2.10. The van der Waals surface area contributed by atoms with Crippen molar-refractivity contribution in [3.63, 3.8) is 0 Å². The van der Waals surface area contributed by atoms with E-state index >= 15 is 0 Å². The van der Waals surface area contributed by atoms with Crippen LogP contribution in [0.3, 0.4) is 0 Å². The van der Waals surface area contributed by atoms with Crippen LogP contribution in [0.2, 0.25) is 0 Å². The summed E-state index contributed by atoms with van der Waals surface area (Å²) < 4.78 is 26.2. The van der Waals surface area contributed by atoms with Gasteiger partial charge in [0.05, 0.1) is 0 Å². The largest absolute Gasteiger partial charge is 0.313 e. The summed E-state index contributed by atoms with van der Waals surface area (Å²) in [4.78, 5) is 0.373. The normalized spacial score (nSPS) is 13.1. The van der Waals surface area contributed by atoms with Crippen molar-refractivity contribution in [3.8, 4) is 0 Å². The minimum absolute atomic E-state index is 0.207. The van der Waals surface area contributed by atoms with E-state index in [1.54, 1.807) is 0 Å². The van der Waals surface area contributed by atoms with Crippen LogP contribution in [-0.4, -0.2) is 17.8 Å². The maximum atomic E-state index is 13.3. The van der Waals surface area contributed by atoms with Crippen LogP contribution in [0.4, 0.5) is 8.78 Å². The molecule has 1 aromatic carbocycles. The average Bonchev–Trinajstić information content (AvgIpc) is 2.20. The first-order chi connectivity index (χ1) is 7.49. The molecule has 0 heterocycles. The topological polar surface area (TPSA) is 12.0 Å². The zero-order chi connectivity index (χ0) is 12.1. The van der Waals surface area contributed by atoms with Gasteiger partial charge in [-0.1, -0.05) is 20.8 Å². The van der Waals surface area contributed by atoms with Gasteiger partial charge in [0, 0.05) is 22.7 Å². The molecule has 0 aliphatic heterocycles. The first kappa shape index (κ1) is 13.5. The summed E-state index contributed by atoms with van der Waals surface area (Å²) in [5.74, 6) is -0.754. The summed E-state index contributed by atoms with van der Waals surface area (Å²) in [5.41, 5.74) is 0. The van der Waals surface area contributed by atoms with Crippen LogP contribution >= 0.6 is 11.8 Å². The molecule has 1 nitrogen and oxygen atoms in total. The second-order valence-corrected chi connectivity index (χ2v) is 5.55. The van der Waals surface area contributed by atoms with Crippen molar-refractivity contribution in [2.75, 3.05) is 6.54 Å². The molecule has 1 atom stereocenters. The molecule has 1 N–H and O–H groups in total. The molecule has 0 saturated carbocycles. The Labute approximate surface area is 99.6 Å². The molecule has 90 valence electrons. The van der Waals surface area contributed by atoms with E-state index in [1.165, 1.54) is 23.9 Å². The predicted molar refractivity (Wildman–Crippen MR) is 64.8 cm³/mol. The lowest BCUT2D eigenvalue weighted by molar-refractivity contribution is 0.573. The first-order valence-corrected chi connectivity index (χ1v) is 6.22. The van der Waals surface area contributed by atoms with Gasteiger partial charge in [0.2, 0.25) is 0 Å². The highest BCUT2D eigenvalue weighted by Crippen LogP contribution is 2.26. The Balaban J connectivity index is 2.55. The van der Waals surface area contributed by atoms with Crippen molar-refractivity contribution in [1.29, 1.82) is 0 Å². The lowest BCUT2D eigenvalue weighted by Gasteiger charge is -2.14. The van der Waals surface area contributed by atoms with Crippen LogP contribution in [0.1, 0.15) is 20.8 Å². The fourth-order valence-electron chi connectivity index (χ4n) is 1.23. The Kier molecular flexibility index (Phi) is 5.22. The maximum absolute atomic E-state index is 13.3. The molecule has 0 aliphatic rings. The van der Waals surface area contributed by atoms with E-state index in [0.29, 0.717) is 10.9 Å². The van der Waals surface area contributed by atoms with Gasteiger partial charge in [-0.15, -0.1) is 11.8 Å². The Morgan fingerprint density at radius 2 is 1.94 bits per heavy atom. The van der Waals surface area contributed by atoms with Gasteiger partial charge in [-0.2, -0.15) is 0 Å². The third-order valence-corrected chi connectivity index (χ3v) is 3.17. The summed E-state index contributed by atoms with van der Waals surface area (Å²) in [6, 6.07) is 3.95. The number of halogens is 2. The van der Waals surface area contributed by atoms with Crippen molar-refractivity contribution in [2.24, 2.45) is 0 Å². The zero-order valence-corrected chi connectivity index (χ0v) is 10.6. The van der Waals surface area contributed by atoms with E-state index in [2.05, 4.69) is 19.2 Å². The van der Waals surface area contributed by atoms with Crippen LogP contribution in [0.15, 0.2) is 23.1 Å². The lowest BCUT2D eigenvalue weighted by Crippen LogP contribution is -2.29. The van der Waals surface area contributed by atoms with Gasteiger partial charge in [-0.3, -0.25) is 0 Å². The Morgan fingerprint density at radius 1 is 1.25 bits per heavy atom. The molecule has 0 amide bonds. The Bertz CT molecular complexity index is 342. The van der Waals surface area contributed by atoms with Crippen LogP contribution < -0.4 is 5.32 Å². The second kappa shape index (κ2) is 6.21. The SMILES string of the molecule is CC(C)NCC(C)Sc1cc(F)ccc1F. The standard InChI is InChI=1S/C12H17F2NS/c1-8(2)15-7-9(3)16-12-6-10(13)4-5-11(12)14/h4-6,8-9,15H,7H2,1-3H3. The van der Waals surface area contributed by atoms with Crippen molar-refractivity contribution in [3.05, 3.63) is 29.8 Å². The lowest BCUT2D eigenvalue weighted by atomic mass is 10.3. The fraction of sp³-hybridized carbons (Fsp3) is 0.500. The van der Waals surface area contributed by atoms with Crippen LogP contribution in [0.5, 0.6) is 0 Å². The third kappa shape index (κ3) is 4.49. The maximum Gasteiger partial charge on any atom is 0.136 e. The van der Waals surface area contributed by atoms with Crippen molar-refractivity contribution < 1.29 is 8.78 Å². The molecule has 0 radical (unpaired) electrons. The van der Waals surface area contributed by atoms with Crippen LogP contribution in [0, 0.1) is 11.6 Å². The summed E-state index contributed by atoms with van der Waals surface area (Å²) in [6.07, 6.45) is 0. The number of hydrogen-bond acceptors (Lipinski definition) is 2. The molecule has 0 aromatic heterocycles. The summed E-state index contributed by atoms with van der Waals surface area (Å²) in [7, 11) is 0. The zero-order valence-electron chi connectivity index (χ0n) is 9.76. The second-order valence-electron chi connectivity index (χ2n) is 4.07. The predicted octanol–water partition coefficient (Wildman–Crippen LogP) is 3.44. The molecule has 0 saturated heterocycles. The molecule has 0 fully saturated rings. The molecular weight excluding hydrogens is 228 g/mol. The number of nitrogens with one attached hydrogen (secondary N) is 1. The quantitative estimate of drug-likeness (QED) is 0.797. The molecule has 1 unspecified atom stereocenters. The fourth-order valence-corrected chi connectivity index (χ4v) is 2.20. The Hall–Kier alpha value is -0.610. The van der Waals surface area contributed by atoms with E-state index in [-0.39, 0.29) is 11.1 Å². The van der Waals surface area contributed by atoms with Gasteiger partial charge in [0.1, 0.15) is 11.6 Å². The average molecular weight is 245 g/mol. The molecule has 0 spiro atoms. The van der Waals surface area contributed by atoms with E-state index < -0.39 is 5.82 Å². The molecule has 0 aliphatic carbocycles. The monoisotopic (exact) mass is 245 g/mol. The van der Waals surface area contributed by atoms with E-state index in [4.69, 9.17) is 0 Å². The minimum Gasteiger partial charge on any atom is -0.313 e.